The summed E-state index contributed by atoms with van der Waals surface area (Å²) in [6.45, 7) is 6.72. The highest BCUT2D eigenvalue weighted by atomic mass is 32.2. The van der Waals surface area contributed by atoms with Crippen molar-refractivity contribution in [2.75, 3.05) is 23.0 Å². The zero-order valence-corrected chi connectivity index (χ0v) is 19.1. The lowest BCUT2D eigenvalue weighted by molar-refractivity contribution is -0.143. The molecule has 5 nitrogen and oxygen atoms in total. The largest absolute Gasteiger partial charge is 0.464 e. The van der Waals surface area contributed by atoms with Crippen LogP contribution in [0.4, 0.5) is 17.1 Å². The number of esters is 1. The summed E-state index contributed by atoms with van der Waals surface area (Å²) < 4.78 is 5.19. The second-order valence-corrected chi connectivity index (χ2v) is 9.70. The van der Waals surface area contributed by atoms with Crippen LogP contribution in [0.15, 0.2) is 70.2 Å². The molecule has 1 heterocycles. The van der Waals surface area contributed by atoms with Crippen molar-refractivity contribution in [3.63, 3.8) is 0 Å². The van der Waals surface area contributed by atoms with E-state index in [4.69, 9.17) is 9.73 Å². The van der Waals surface area contributed by atoms with Gasteiger partial charge in [0.05, 0.1) is 12.3 Å². The molecule has 0 saturated heterocycles. The summed E-state index contributed by atoms with van der Waals surface area (Å²) in [6, 6.07) is 18.1. The van der Waals surface area contributed by atoms with E-state index in [1.54, 1.807) is 11.8 Å². The molecule has 0 bridgehead atoms. The van der Waals surface area contributed by atoms with Crippen molar-refractivity contribution in [3.05, 3.63) is 65.2 Å². The predicted octanol–water partition coefficient (Wildman–Crippen LogP) is 5.99. The van der Waals surface area contributed by atoms with Crippen LogP contribution in [0.1, 0.15) is 33.6 Å². The van der Waals surface area contributed by atoms with Gasteiger partial charge in [-0.05, 0) is 61.6 Å². The number of nitrogens with zero attached hydrogens (tertiary/aromatic N) is 1. The first kappa shape index (κ1) is 21.5. The topological polar surface area (TPSA) is 62.7 Å². The molecule has 31 heavy (non-hydrogen) atoms. The number of anilines is 3. The number of ether oxygens (including phenoxy) is 1. The first-order valence-corrected chi connectivity index (χ1v) is 11.7. The van der Waals surface area contributed by atoms with Crippen LogP contribution in [0.5, 0.6) is 0 Å². The molecule has 0 aromatic heterocycles. The van der Waals surface area contributed by atoms with Gasteiger partial charge in [0.2, 0.25) is 0 Å². The van der Waals surface area contributed by atoms with Crippen LogP contribution in [-0.4, -0.2) is 30.1 Å². The van der Waals surface area contributed by atoms with Crippen LogP contribution in [-0.2, 0) is 9.53 Å². The van der Waals surface area contributed by atoms with E-state index in [9.17, 15) is 4.79 Å². The molecule has 6 heteroatoms. The average molecular weight is 436 g/mol. The van der Waals surface area contributed by atoms with Crippen molar-refractivity contribution < 1.29 is 9.53 Å². The summed E-state index contributed by atoms with van der Waals surface area (Å²) in [5, 5.41) is 7.04. The Morgan fingerprint density at radius 1 is 1.03 bits per heavy atom. The number of hydrogen-bond acceptors (Lipinski definition) is 6. The molecular formula is C25H29N3O2S. The van der Waals surface area contributed by atoms with Crippen LogP contribution >= 0.6 is 11.8 Å². The zero-order chi connectivity index (χ0) is 21.8. The fraction of sp³-hybridized carbons (Fsp3) is 0.360. The number of thioether (sulfide) groups is 1. The molecule has 1 unspecified atom stereocenters. The lowest BCUT2D eigenvalue weighted by Crippen LogP contribution is -2.34. The number of fused-ring (bicyclic) bond motifs is 1. The molecule has 0 radical (unpaired) electrons. The van der Waals surface area contributed by atoms with E-state index in [1.165, 1.54) is 10.6 Å². The van der Waals surface area contributed by atoms with E-state index in [0.717, 1.165) is 35.6 Å². The summed E-state index contributed by atoms with van der Waals surface area (Å²) in [7, 11) is 0. The van der Waals surface area contributed by atoms with Crippen molar-refractivity contribution >= 4 is 40.5 Å². The van der Waals surface area contributed by atoms with Crippen molar-refractivity contribution in [3.8, 4) is 0 Å². The Bertz CT molecular complexity index is 997. The minimum atomic E-state index is -0.401. The second kappa shape index (κ2) is 9.18. The van der Waals surface area contributed by atoms with Crippen LogP contribution < -0.4 is 10.6 Å². The second-order valence-electron chi connectivity index (χ2n) is 8.67. The van der Waals surface area contributed by atoms with Crippen LogP contribution in [0, 0.1) is 5.41 Å². The summed E-state index contributed by atoms with van der Waals surface area (Å²) in [5.41, 5.74) is 5.45. The van der Waals surface area contributed by atoms with Gasteiger partial charge in [-0.25, -0.2) is 4.79 Å². The fourth-order valence-corrected chi connectivity index (χ4v) is 5.07. The molecular weight excluding hydrogens is 406 g/mol. The lowest BCUT2D eigenvalue weighted by Gasteiger charge is -2.36. The minimum absolute atomic E-state index is 0.0799. The van der Waals surface area contributed by atoms with Crippen molar-refractivity contribution in [2.24, 2.45) is 10.4 Å². The molecule has 2 aromatic rings. The fourth-order valence-electron chi connectivity index (χ4n) is 3.95. The predicted molar refractivity (Wildman–Crippen MR) is 130 cm³/mol. The monoisotopic (exact) mass is 435 g/mol. The Hall–Kier alpha value is -2.73. The Kier molecular flexibility index (Phi) is 6.37. The van der Waals surface area contributed by atoms with Gasteiger partial charge in [0, 0.05) is 33.4 Å². The third kappa shape index (κ3) is 5.31. The van der Waals surface area contributed by atoms with Crippen LogP contribution in [0.2, 0.25) is 0 Å². The maximum atomic E-state index is 12.2. The van der Waals surface area contributed by atoms with Gasteiger partial charge in [0.15, 0.2) is 6.04 Å². The summed E-state index contributed by atoms with van der Waals surface area (Å²) in [6.07, 6.45) is 1.82. The molecule has 2 N–H and O–H groups in total. The van der Waals surface area contributed by atoms with Crippen molar-refractivity contribution in [2.45, 2.75) is 39.7 Å². The number of carbonyl (C=O) groups excluding carboxylic acids is 1. The summed E-state index contributed by atoms with van der Waals surface area (Å²) >= 11 is 1.72. The van der Waals surface area contributed by atoms with Gasteiger partial charge in [-0.15, -0.1) is 11.8 Å². The SMILES string of the molecule is CCOC(=O)C1CSC2=C(Nc3ccc(Nc4ccccc4)cc3)CC(C)(C)CC2=N1. The Morgan fingerprint density at radius 2 is 1.68 bits per heavy atom. The number of para-hydroxylation sites is 1. The van der Waals surface area contributed by atoms with Crippen molar-refractivity contribution in [1.29, 1.82) is 0 Å². The zero-order valence-electron chi connectivity index (χ0n) is 18.3. The number of aliphatic imine (C=N–C) groups is 1. The molecule has 4 rings (SSSR count). The van der Waals surface area contributed by atoms with E-state index in [2.05, 4.69) is 48.7 Å². The van der Waals surface area contributed by atoms with Gasteiger partial charge in [-0.1, -0.05) is 32.0 Å². The summed E-state index contributed by atoms with van der Waals surface area (Å²) in [4.78, 5) is 18.2. The third-order valence-electron chi connectivity index (χ3n) is 5.34. The first-order chi connectivity index (χ1) is 14.9. The highest BCUT2D eigenvalue weighted by molar-refractivity contribution is 8.04. The number of nitrogens with one attached hydrogen (secondary N) is 2. The quantitative estimate of drug-likeness (QED) is 0.546. The van der Waals surface area contributed by atoms with E-state index in [-0.39, 0.29) is 11.4 Å². The maximum Gasteiger partial charge on any atom is 0.331 e. The van der Waals surface area contributed by atoms with Crippen molar-refractivity contribution in [1.82, 2.24) is 0 Å². The number of carbonyl (C=O) groups is 1. The van der Waals surface area contributed by atoms with Gasteiger partial charge < -0.3 is 15.4 Å². The van der Waals surface area contributed by atoms with Gasteiger partial charge >= 0.3 is 5.97 Å². The molecule has 0 fully saturated rings. The van der Waals surface area contributed by atoms with Gasteiger partial charge in [0.25, 0.3) is 0 Å². The number of benzene rings is 2. The normalized spacial score (nSPS) is 19.8. The van der Waals surface area contributed by atoms with Gasteiger partial charge in [-0.2, -0.15) is 0 Å². The minimum Gasteiger partial charge on any atom is -0.464 e. The molecule has 0 amide bonds. The number of rotatable bonds is 6. The van der Waals surface area contributed by atoms with E-state index >= 15 is 0 Å². The molecule has 1 aliphatic carbocycles. The molecule has 0 saturated carbocycles. The highest BCUT2D eigenvalue weighted by Gasteiger charge is 2.36. The molecule has 1 aliphatic heterocycles. The van der Waals surface area contributed by atoms with Crippen LogP contribution in [0.25, 0.3) is 0 Å². The van der Waals surface area contributed by atoms with Gasteiger partial charge in [0.1, 0.15) is 0 Å². The molecule has 0 spiro atoms. The van der Waals surface area contributed by atoms with Gasteiger partial charge in [-0.3, -0.25) is 4.99 Å². The third-order valence-corrected chi connectivity index (χ3v) is 6.59. The Balaban J connectivity index is 1.53. The van der Waals surface area contributed by atoms with Crippen LogP contribution in [0.3, 0.4) is 0 Å². The van der Waals surface area contributed by atoms with E-state index in [0.29, 0.717) is 12.4 Å². The molecule has 162 valence electrons. The smallest absolute Gasteiger partial charge is 0.331 e. The van der Waals surface area contributed by atoms with E-state index < -0.39 is 6.04 Å². The Labute approximate surface area is 188 Å². The lowest BCUT2D eigenvalue weighted by atomic mass is 9.78. The standard InChI is InChI=1S/C25H29N3O2S/c1-4-30-24(29)22-16-31-23-20(14-25(2,3)15-21(23)28-22)27-19-12-10-18(11-13-19)26-17-8-6-5-7-9-17/h5-13,22,26-27H,4,14-16H2,1-3H3. The van der Waals surface area contributed by atoms with E-state index in [1.807, 2.05) is 37.3 Å². The molecule has 1 atom stereocenters. The summed E-state index contributed by atoms with van der Waals surface area (Å²) in [5.74, 6) is 0.407. The Morgan fingerprint density at radius 3 is 2.35 bits per heavy atom. The maximum absolute atomic E-state index is 12.2. The molecule has 2 aliphatic rings. The molecule has 2 aromatic carbocycles. The highest BCUT2D eigenvalue weighted by Crippen LogP contribution is 2.43. The number of allylic oxidation sites excluding steroid dienone is 2. The first-order valence-electron chi connectivity index (χ1n) is 10.7. The average Bonchev–Trinajstić information content (AvgIpc) is 2.75. The number of hydrogen-bond donors (Lipinski definition) is 2.